The average Bonchev–Trinajstić information content (AvgIpc) is 2.81. The molecule has 2 aromatic carbocycles. The number of nitrogens with one attached hydrogen (secondary N) is 1. The highest BCUT2D eigenvalue weighted by atomic mass is 35.5. The van der Waals surface area contributed by atoms with Gasteiger partial charge in [-0.05, 0) is 69.7 Å². The minimum Gasteiger partial charge on any atom is -0.353 e. The van der Waals surface area contributed by atoms with E-state index in [-0.39, 0.29) is 23.3 Å². The molecule has 0 spiro atoms. The van der Waals surface area contributed by atoms with Crippen LogP contribution in [0.2, 0.25) is 10.0 Å². The SMILES string of the molecule is CCN(CC)CCCC(C)NC(=O)CSc1nc2ccccc2c(=O)n1-c1ccc(Cl)cc1Cl. The zero-order valence-electron chi connectivity index (χ0n) is 19.7. The summed E-state index contributed by atoms with van der Waals surface area (Å²) < 4.78 is 1.45. The summed E-state index contributed by atoms with van der Waals surface area (Å²) in [5.41, 5.74) is 0.797. The molecule has 0 saturated heterocycles. The van der Waals surface area contributed by atoms with Crippen LogP contribution in [-0.2, 0) is 4.79 Å². The molecule has 34 heavy (non-hydrogen) atoms. The van der Waals surface area contributed by atoms with Crippen molar-refractivity contribution in [2.24, 2.45) is 0 Å². The number of amides is 1. The molecule has 1 atom stereocenters. The summed E-state index contributed by atoms with van der Waals surface area (Å²) in [4.78, 5) is 33.0. The van der Waals surface area contributed by atoms with Gasteiger partial charge in [0.2, 0.25) is 5.91 Å². The van der Waals surface area contributed by atoms with Crippen molar-refractivity contribution in [1.82, 2.24) is 19.8 Å². The molecule has 0 bridgehead atoms. The second kappa shape index (κ2) is 12.6. The third-order valence-electron chi connectivity index (χ3n) is 5.64. The molecule has 3 rings (SSSR count). The lowest BCUT2D eigenvalue weighted by Crippen LogP contribution is -2.35. The van der Waals surface area contributed by atoms with Crippen LogP contribution in [0.15, 0.2) is 52.4 Å². The van der Waals surface area contributed by atoms with E-state index in [0.717, 1.165) is 32.5 Å². The Balaban J connectivity index is 1.76. The number of halogens is 2. The zero-order chi connectivity index (χ0) is 24.7. The maximum absolute atomic E-state index is 13.3. The molecule has 0 aliphatic rings. The minimum absolute atomic E-state index is 0.0705. The van der Waals surface area contributed by atoms with Crippen LogP contribution >= 0.6 is 35.0 Å². The van der Waals surface area contributed by atoms with E-state index < -0.39 is 0 Å². The maximum atomic E-state index is 13.3. The van der Waals surface area contributed by atoms with Crippen molar-refractivity contribution >= 4 is 51.8 Å². The lowest BCUT2D eigenvalue weighted by Gasteiger charge is -2.20. The number of hydrogen-bond donors (Lipinski definition) is 1. The van der Waals surface area contributed by atoms with E-state index in [1.54, 1.807) is 36.4 Å². The summed E-state index contributed by atoms with van der Waals surface area (Å²) in [6.45, 7) is 9.42. The molecule has 0 saturated carbocycles. The molecular formula is C25H30Cl2N4O2S. The van der Waals surface area contributed by atoms with E-state index in [9.17, 15) is 9.59 Å². The minimum atomic E-state index is -0.248. The van der Waals surface area contributed by atoms with Gasteiger partial charge in [-0.15, -0.1) is 0 Å². The van der Waals surface area contributed by atoms with Gasteiger partial charge in [-0.2, -0.15) is 0 Å². The first-order valence-corrected chi connectivity index (χ1v) is 13.2. The van der Waals surface area contributed by atoms with E-state index in [0.29, 0.717) is 31.8 Å². The molecule has 0 aliphatic carbocycles. The van der Waals surface area contributed by atoms with Crippen molar-refractivity contribution in [3.63, 3.8) is 0 Å². The van der Waals surface area contributed by atoms with Gasteiger partial charge >= 0.3 is 0 Å². The van der Waals surface area contributed by atoms with Crippen LogP contribution in [0.3, 0.4) is 0 Å². The van der Waals surface area contributed by atoms with E-state index >= 15 is 0 Å². The fourth-order valence-corrected chi connectivity index (χ4v) is 5.07. The van der Waals surface area contributed by atoms with Crippen molar-refractivity contribution < 1.29 is 4.79 Å². The van der Waals surface area contributed by atoms with Gasteiger partial charge in [-0.3, -0.25) is 14.2 Å². The summed E-state index contributed by atoms with van der Waals surface area (Å²) >= 11 is 13.7. The van der Waals surface area contributed by atoms with Crippen LogP contribution in [0.25, 0.3) is 16.6 Å². The molecule has 1 aromatic heterocycles. The second-order valence-corrected chi connectivity index (χ2v) is 9.86. The number of carbonyl (C=O) groups excluding carboxylic acids is 1. The number of aromatic nitrogens is 2. The van der Waals surface area contributed by atoms with Crippen molar-refractivity contribution in [1.29, 1.82) is 0 Å². The Morgan fingerprint density at radius 3 is 2.62 bits per heavy atom. The number of benzene rings is 2. The Labute approximate surface area is 214 Å². The first-order valence-electron chi connectivity index (χ1n) is 11.5. The van der Waals surface area contributed by atoms with Crippen LogP contribution in [0.4, 0.5) is 0 Å². The van der Waals surface area contributed by atoms with Gasteiger partial charge < -0.3 is 10.2 Å². The summed E-state index contributed by atoms with van der Waals surface area (Å²) in [5.74, 6) is 0.0348. The largest absolute Gasteiger partial charge is 0.353 e. The lowest BCUT2D eigenvalue weighted by atomic mass is 10.2. The summed E-state index contributed by atoms with van der Waals surface area (Å²) in [7, 11) is 0. The Bertz CT molecular complexity index is 1200. The van der Waals surface area contributed by atoms with Crippen molar-refractivity contribution in [3.05, 3.63) is 62.9 Å². The number of carbonyl (C=O) groups is 1. The highest BCUT2D eigenvalue weighted by Gasteiger charge is 2.17. The van der Waals surface area contributed by atoms with E-state index in [1.165, 1.54) is 16.3 Å². The average molecular weight is 522 g/mol. The van der Waals surface area contributed by atoms with Crippen LogP contribution in [0.1, 0.15) is 33.6 Å². The van der Waals surface area contributed by atoms with E-state index in [4.69, 9.17) is 23.2 Å². The van der Waals surface area contributed by atoms with Crippen LogP contribution in [-0.4, -0.2) is 51.8 Å². The normalized spacial score (nSPS) is 12.3. The number of para-hydroxylation sites is 1. The Kier molecular flexibility index (Phi) is 9.83. The second-order valence-electron chi connectivity index (χ2n) is 8.07. The molecule has 0 radical (unpaired) electrons. The van der Waals surface area contributed by atoms with Gasteiger partial charge in [0.1, 0.15) is 0 Å². The summed E-state index contributed by atoms with van der Waals surface area (Å²) in [6.07, 6.45) is 1.93. The Hall–Kier alpha value is -2.06. The molecule has 1 unspecified atom stereocenters. The van der Waals surface area contributed by atoms with Crippen molar-refractivity contribution in [2.75, 3.05) is 25.4 Å². The molecule has 1 amide bonds. The topological polar surface area (TPSA) is 67.2 Å². The van der Waals surface area contributed by atoms with Crippen LogP contribution in [0, 0.1) is 0 Å². The molecule has 0 aliphatic heterocycles. The van der Waals surface area contributed by atoms with E-state index in [1.807, 2.05) is 13.0 Å². The maximum Gasteiger partial charge on any atom is 0.266 e. The number of rotatable bonds is 11. The van der Waals surface area contributed by atoms with Crippen molar-refractivity contribution in [2.45, 2.75) is 44.8 Å². The highest BCUT2D eigenvalue weighted by molar-refractivity contribution is 7.99. The standard InChI is InChI=1S/C25H30Cl2N4O2S/c1-4-30(5-2)14-8-9-17(3)28-23(32)16-34-25-29-21-11-7-6-10-19(21)24(33)31(25)22-13-12-18(26)15-20(22)27/h6-7,10-13,15,17H,4-5,8-9,14,16H2,1-3H3,(H,28,32). The predicted octanol–water partition coefficient (Wildman–Crippen LogP) is 5.41. The fourth-order valence-electron chi connectivity index (χ4n) is 3.76. The summed E-state index contributed by atoms with van der Waals surface area (Å²) in [6, 6.07) is 12.1. The molecule has 6 nitrogen and oxygen atoms in total. The third kappa shape index (κ3) is 6.75. The molecule has 182 valence electrons. The first kappa shape index (κ1) is 26.5. The van der Waals surface area contributed by atoms with Gasteiger partial charge in [0.05, 0.1) is 27.4 Å². The zero-order valence-corrected chi connectivity index (χ0v) is 22.0. The Morgan fingerprint density at radius 1 is 1.18 bits per heavy atom. The Morgan fingerprint density at radius 2 is 1.91 bits per heavy atom. The van der Waals surface area contributed by atoms with Crippen LogP contribution < -0.4 is 10.9 Å². The number of fused-ring (bicyclic) bond motifs is 1. The monoisotopic (exact) mass is 520 g/mol. The molecule has 9 heteroatoms. The van der Waals surface area contributed by atoms with Gasteiger partial charge in [-0.1, -0.05) is 60.9 Å². The third-order valence-corrected chi connectivity index (χ3v) is 7.12. The molecule has 3 aromatic rings. The van der Waals surface area contributed by atoms with Gasteiger partial charge in [0, 0.05) is 11.1 Å². The molecule has 0 fully saturated rings. The van der Waals surface area contributed by atoms with Gasteiger partial charge in [0.15, 0.2) is 5.16 Å². The molecule has 1 heterocycles. The fraction of sp³-hybridized carbons (Fsp3) is 0.400. The number of nitrogens with zero attached hydrogens (tertiary/aromatic N) is 3. The lowest BCUT2D eigenvalue weighted by molar-refractivity contribution is -0.119. The summed E-state index contributed by atoms with van der Waals surface area (Å²) in [5, 5.41) is 4.73. The van der Waals surface area contributed by atoms with Gasteiger partial charge in [0.25, 0.3) is 5.56 Å². The smallest absolute Gasteiger partial charge is 0.266 e. The molecular weight excluding hydrogens is 491 g/mol. The van der Waals surface area contributed by atoms with Crippen molar-refractivity contribution in [3.8, 4) is 5.69 Å². The van der Waals surface area contributed by atoms with Crippen LogP contribution in [0.5, 0.6) is 0 Å². The first-order chi connectivity index (χ1) is 16.3. The van der Waals surface area contributed by atoms with E-state index in [2.05, 4.69) is 29.0 Å². The quantitative estimate of drug-likeness (QED) is 0.270. The molecule has 1 N–H and O–H groups in total. The predicted molar refractivity (Wildman–Crippen MR) is 143 cm³/mol. The highest BCUT2D eigenvalue weighted by Crippen LogP contribution is 2.28. The van der Waals surface area contributed by atoms with Gasteiger partial charge in [-0.25, -0.2) is 4.98 Å². The number of thioether (sulfide) groups is 1. The number of hydrogen-bond acceptors (Lipinski definition) is 5.